The van der Waals surface area contributed by atoms with Gasteiger partial charge in [-0.2, -0.15) is 0 Å². The number of sulfonamides is 1. The summed E-state index contributed by atoms with van der Waals surface area (Å²) < 4.78 is 32.2. The minimum atomic E-state index is -3.63. The maximum absolute atomic E-state index is 12.3. The smallest absolute Gasteiger partial charge is 0.242 e. The Morgan fingerprint density at radius 1 is 1.45 bits per heavy atom. The van der Waals surface area contributed by atoms with Crippen molar-refractivity contribution in [2.75, 3.05) is 26.0 Å². The predicted octanol–water partition coefficient (Wildman–Crippen LogP) is 2.02. The largest absolute Gasteiger partial charge is 0.399 e. The standard InChI is InChI=1S/C13H19ClN2O3S/c1-19-7-6-13(4-5-13)9-16-20(17,18)12-8-10(15)2-3-11(12)14/h2-3,8,16H,4-7,9,15H2,1H3. The van der Waals surface area contributed by atoms with Crippen LogP contribution in [-0.2, 0) is 14.8 Å². The molecule has 1 fully saturated rings. The molecule has 0 saturated heterocycles. The van der Waals surface area contributed by atoms with Gasteiger partial charge in [0.2, 0.25) is 10.0 Å². The second-order valence-electron chi connectivity index (χ2n) is 5.26. The van der Waals surface area contributed by atoms with Crippen LogP contribution >= 0.6 is 11.6 Å². The lowest BCUT2D eigenvalue weighted by atomic mass is 10.0. The first kappa shape index (κ1) is 15.6. The predicted molar refractivity (Wildman–Crippen MR) is 79.2 cm³/mol. The van der Waals surface area contributed by atoms with E-state index in [1.807, 2.05) is 0 Å². The SMILES string of the molecule is COCCC1(CNS(=O)(=O)c2cc(N)ccc2Cl)CC1. The van der Waals surface area contributed by atoms with Gasteiger partial charge in [-0.1, -0.05) is 11.6 Å². The Hall–Kier alpha value is -0.820. The van der Waals surface area contributed by atoms with Gasteiger partial charge in [0.25, 0.3) is 0 Å². The maximum atomic E-state index is 12.3. The molecule has 5 nitrogen and oxygen atoms in total. The van der Waals surface area contributed by atoms with Crippen molar-refractivity contribution in [1.82, 2.24) is 4.72 Å². The highest BCUT2D eigenvalue weighted by molar-refractivity contribution is 7.89. The Morgan fingerprint density at radius 3 is 2.75 bits per heavy atom. The Labute approximate surface area is 124 Å². The highest BCUT2D eigenvalue weighted by Gasteiger charge is 2.42. The van der Waals surface area contributed by atoms with Crippen molar-refractivity contribution in [3.8, 4) is 0 Å². The third kappa shape index (κ3) is 3.63. The normalized spacial score (nSPS) is 17.1. The summed E-state index contributed by atoms with van der Waals surface area (Å²) in [4.78, 5) is 0.0294. The summed E-state index contributed by atoms with van der Waals surface area (Å²) in [5.41, 5.74) is 6.03. The van der Waals surface area contributed by atoms with Gasteiger partial charge in [-0.25, -0.2) is 13.1 Å². The molecule has 0 spiro atoms. The molecule has 112 valence electrons. The molecule has 0 amide bonds. The summed E-state index contributed by atoms with van der Waals surface area (Å²) in [6, 6.07) is 4.44. The van der Waals surface area contributed by atoms with Gasteiger partial charge < -0.3 is 10.5 Å². The number of hydrogen-bond donors (Lipinski definition) is 2. The Kier molecular flexibility index (Phi) is 4.59. The molecule has 3 N–H and O–H groups in total. The third-order valence-electron chi connectivity index (χ3n) is 3.68. The van der Waals surface area contributed by atoms with Crippen LogP contribution in [0.25, 0.3) is 0 Å². The van der Waals surface area contributed by atoms with Gasteiger partial charge in [0.1, 0.15) is 4.90 Å². The number of halogens is 1. The Bertz CT molecular complexity index is 585. The molecule has 1 aliphatic carbocycles. The third-order valence-corrected chi connectivity index (χ3v) is 5.56. The first-order valence-corrected chi connectivity index (χ1v) is 8.28. The van der Waals surface area contributed by atoms with Gasteiger partial charge in [-0.05, 0) is 42.9 Å². The molecule has 0 unspecified atom stereocenters. The van der Waals surface area contributed by atoms with Crippen LogP contribution in [0.4, 0.5) is 5.69 Å². The Balaban J connectivity index is 2.06. The fraction of sp³-hybridized carbons (Fsp3) is 0.538. The fourth-order valence-electron chi connectivity index (χ4n) is 2.06. The highest BCUT2D eigenvalue weighted by atomic mass is 35.5. The van der Waals surface area contributed by atoms with Crippen molar-refractivity contribution in [2.24, 2.45) is 5.41 Å². The number of methoxy groups -OCH3 is 1. The average molecular weight is 319 g/mol. The minimum absolute atomic E-state index is 0.0294. The number of benzene rings is 1. The number of rotatable bonds is 7. The molecule has 1 saturated carbocycles. The van der Waals surface area contributed by atoms with E-state index in [2.05, 4.69) is 4.72 Å². The van der Waals surface area contributed by atoms with E-state index in [0.717, 1.165) is 19.3 Å². The molecule has 1 aromatic rings. The summed E-state index contributed by atoms with van der Waals surface area (Å²) in [5, 5.41) is 0.174. The zero-order valence-electron chi connectivity index (χ0n) is 11.4. The van der Waals surface area contributed by atoms with Crippen molar-refractivity contribution < 1.29 is 13.2 Å². The van der Waals surface area contributed by atoms with Gasteiger partial charge in [0.15, 0.2) is 0 Å². The molecule has 0 atom stereocenters. The van der Waals surface area contributed by atoms with Crippen molar-refractivity contribution >= 4 is 27.3 Å². The molecule has 20 heavy (non-hydrogen) atoms. The molecule has 0 aliphatic heterocycles. The van der Waals surface area contributed by atoms with Crippen molar-refractivity contribution in [3.63, 3.8) is 0 Å². The van der Waals surface area contributed by atoms with Gasteiger partial charge in [-0.3, -0.25) is 0 Å². The molecule has 0 heterocycles. The van der Waals surface area contributed by atoms with E-state index in [1.54, 1.807) is 13.2 Å². The van der Waals surface area contributed by atoms with Crippen molar-refractivity contribution in [1.29, 1.82) is 0 Å². The highest BCUT2D eigenvalue weighted by Crippen LogP contribution is 2.48. The summed E-state index contributed by atoms with van der Waals surface area (Å²) in [6.45, 7) is 1.05. The van der Waals surface area contributed by atoms with Crippen LogP contribution in [-0.4, -0.2) is 28.7 Å². The van der Waals surface area contributed by atoms with Crippen LogP contribution in [0.15, 0.2) is 23.1 Å². The monoisotopic (exact) mass is 318 g/mol. The van der Waals surface area contributed by atoms with Crippen molar-refractivity contribution in [2.45, 2.75) is 24.2 Å². The van der Waals surface area contributed by atoms with Gasteiger partial charge in [0.05, 0.1) is 5.02 Å². The Morgan fingerprint density at radius 2 is 2.15 bits per heavy atom. The number of hydrogen-bond acceptors (Lipinski definition) is 4. The zero-order valence-corrected chi connectivity index (χ0v) is 12.9. The molecular formula is C13H19ClN2O3S. The maximum Gasteiger partial charge on any atom is 0.242 e. The second-order valence-corrected chi connectivity index (χ2v) is 7.40. The van der Waals surface area contributed by atoms with E-state index >= 15 is 0 Å². The van der Waals surface area contributed by atoms with E-state index < -0.39 is 10.0 Å². The van der Waals surface area contributed by atoms with E-state index in [-0.39, 0.29) is 15.3 Å². The molecule has 1 aromatic carbocycles. The topological polar surface area (TPSA) is 81.4 Å². The first-order valence-electron chi connectivity index (χ1n) is 6.42. The summed E-state index contributed by atoms with van der Waals surface area (Å²) >= 11 is 5.94. The molecule has 7 heteroatoms. The zero-order chi connectivity index (χ0) is 14.8. The summed E-state index contributed by atoms with van der Waals surface area (Å²) in [6.07, 6.45) is 2.89. The number of nitrogen functional groups attached to an aromatic ring is 1. The average Bonchev–Trinajstić information content (AvgIpc) is 3.18. The van der Waals surface area contributed by atoms with Crippen LogP contribution in [0.5, 0.6) is 0 Å². The van der Waals surface area contributed by atoms with Gasteiger partial charge >= 0.3 is 0 Å². The molecule has 0 radical (unpaired) electrons. The van der Waals surface area contributed by atoms with Crippen LogP contribution in [0.1, 0.15) is 19.3 Å². The number of ether oxygens (including phenoxy) is 1. The number of anilines is 1. The van der Waals surface area contributed by atoms with Gasteiger partial charge in [0, 0.05) is 25.9 Å². The van der Waals surface area contributed by atoms with E-state index in [9.17, 15) is 8.42 Å². The fourth-order valence-corrected chi connectivity index (χ4v) is 3.75. The molecule has 0 aromatic heterocycles. The minimum Gasteiger partial charge on any atom is -0.399 e. The lowest BCUT2D eigenvalue weighted by Crippen LogP contribution is -2.31. The van der Waals surface area contributed by atoms with Crippen LogP contribution in [0.3, 0.4) is 0 Å². The summed E-state index contributed by atoms with van der Waals surface area (Å²) in [7, 11) is -1.99. The lowest BCUT2D eigenvalue weighted by Gasteiger charge is -2.16. The van der Waals surface area contributed by atoms with E-state index in [4.69, 9.17) is 22.1 Å². The lowest BCUT2D eigenvalue weighted by molar-refractivity contribution is 0.173. The van der Waals surface area contributed by atoms with Crippen LogP contribution in [0, 0.1) is 5.41 Å². The van der Waals surface area contributed by atoms with E-state index in [0.29, 0.717) is 18.8 Å². The van der Waals surface area contributed by atoms with Crippen LogP contribution < -0.4 is 10.5 Å². The molecule has 0 bridgehead atoms. The number of nitrogens with two attached hydrogens (primary N) is 1. The molecule has 2 rings (SSSR count). The molecular weight excluding hydrogens is 300 g/mol. The summed E-state index contributed by atoms with van der Waals surface area (Å²) in [5.74, 6) is 0. The quantitative estimate of drug-likeness (QED) is 0.754. The number of nitrogens with one attached hydrogen (secondary N) is 1. The second kappa shape index (κ2) is 5.89. The van der Waals surface area contributed by atoms with Gasteiger partial charge in [-0.15, -0.1) is 0 Å². The van der Waals surface area contributed by atoms with Crippen molar-refractivity contribution in [3.05, 3.63) is 23.2 Å². The first-order chi connectivity index (χ1) is 9.38. The van der Waals surface area contributed by atoms with E-state index in [1.165, 1.54) is 12.1 Å². The molecule has 1 aliphatic rings. The van der Waals surface area contributed by atoms with Crippen LogP contribution in [0.2, 0.25) is 5.02 Å².